The predicted molar refractivity (Wildman–Crippen MR) is 81.0 cm³/mol. The Hall–Kier alpha value is 0.160. The molecule has 3 fully saturated rings. The summed E-state index contributed by atoms with van der Waals surface area (Å²) >= 11 is 5.93. The van der Waals surface area contributed by atoms with Crippen LogP contribution < -0.4 is 0 Å². The quantitative estimate of drug-likeness (QED) is 0.749. The minimum Gasteiger partial charge on any atom is -0.195 e. The average molecular weight is 321 g/mol. The number of piperidine rings is 1. The van der Waals surface area contributed by atoms with E-state index in [1.54, 1.807) is 4.31 Å². The van der Waals surface area contributed by atoms with Crippen LogP contribution in [0.1, 0.15) is 44.9 Å². The molecule has 0 N–H and O–H groups in total. The van der Waals surface area contributed by atoms with Crippen molar-refractivity contribution in [1.82, 2.24) is 8.61 Å². The molecule has 2 heterocycles. The molecular formula is C14H25ClN2O2S. The number of halogens is 1. The van der Waals surface area contributed by atoms with Gasteiger partial charge in [0.2, 0.25) is 0 Å². The van der Waals surface area contributed by atoms with E-state index < -0.39 is 10.2 Å². The summed E-state index contributed by atoms with van der Waals surface area (Å²) in [4.78, 5) is 0. The Balaban J connectivity index is 1.74. The highest BCUT2D eigenvalue weighted by Gasteiger charge is 2.44. The summed E-state index contributed by atoms with van der Waals surface area (Å²) in [5, 5.41) is 0. The van der Waals surface area contributed by atoms with Crippen LogP contribution in [0.4, 0.5) is 0 Å². The van der Waals surface area contributed by atoms with Crippen molar-refractivity contribution >= 4 is 21.8 Å². The number of alkyl halides is 1. The molecule has 3 aliphatic rings. The lowest BCUT2D eigenvalue weighted by Crippen LogP contribution is -2.50. The Morgan fingerprint density at radius 2 is 1.80 bits per heavy atom. The third-order valence-corrected chi connectivity index (χ3v) is 7.75. The highest BCUT2D eigenvalue weighted by molar-refractivity contribution is 7.86. The van der Waals surface area contributed by atoms with E-state index in [-0.39, 0.29) is 6.04 Å². The predicted octanol–water partition coefficient (Wildman–Crippen LogP) is 2.45. The fraction of sp³-hybridized carbons (Fsp3) is 1.00. The molecule has 20 heavy (non-hydrogen) atoms. The van der Waals surface area contributed by atoms with Gasteiger partial charge in [-0.3, -0.25) is 0 Å². The minimum atomic E-state index is -3.27. The van der Waals surface area contributed by atoms with Crippen LogP contribution in [0.5, 0.6) is 0 Å². The maximum atomic E-state index is 12.9. The van der Waals surface area contributed by atoms with Gasteiger partial charge in [0, 0.05) is 31.6 Å². The van der Waals surface area contributed by atoms with Crippen molar-refractivity contribution in [3.05, 3.63) is 0 Å². The molecule has 0 bridgehead atoms. The van der Waals surface area contributed by atoms with Crippen molar-refractivity contribution in [2.24, 2.45) is 11.8 Å². The van der Waals surface area contributed by atoms with E-state index in [2.05, 4.69) is 0 Å². The van der Waals surface area contributed by atoms with E-state index in [1.165, 1.54) is 19.3 Å². The number of hydrogen-bond donors (Lipinski definition) is 0. The van der Waals surface area contributed by atoms with Gasteiger partial charge in [-0.2, -0.15) is 17.0 Å². The Morgan fingerprint density at radius 1 is 1.00 bits per heavy atom. The number of hydrogen-bond acceptors (Lipinski definition) is 2. The average Bonchev–Trinajstić information content (AvgIpc) is 2.92. The van der Waals surface area contributed by atoms with E-state index in [0.717, 1.165) is 32.2 Å². The van der Waals surface area contributed by atoms with E-state index in [0.29, 0.717) is 30.8 Å². The zero-order valence-corrected chi connectivity index (χ0v) is 13.6. The second kappa shape index (κ2) is 6.11. The van der Waals surface area contributed by atoms with Crippen molar-refractivity contribution in [1.29, 1.82) is 0 Å². The summed E-state index contributed by atoms with van der Waals surface area (Å²) in [6, 6.07) is 0.269. The fourth-order valence-corrected chi connectivity index (χ4v) is 6.42. The monoisotopic (exact) mass is 320 g/mol. The molecule has 1 saturated carbocycles. The molecule has 0 aromatic rings. The van der Waals surface area contributed by atoms with Gasteiger partial charge in [-0.25, -0.2) is 0 Å². The van der Waals surface area contributed by atoms with Gasteiger partial charge in [0.05, 0.1) is 0 Å². The van der Waals surface area contributed by atoms with E-state index >= 15 is 0 Å². The largest absolute Gasteiger partial charge is 0.282 e. The number of fused-ring (bicyclic) bond motifs is 1. The third-order valence-electron chi connectivity index (χ3n) is 5.28. The van der Waals surface area contributed by atoms with Crippen LogP contribution >= 0.6 is 11.6 Å². The first-order valence-electron chi connectivity index (χ1n) is 7.96. The fourth-order valence-electron chi connectivity index (χ4n) is 4.16. The second-order valence-corrected chi connectivity index (χ2v) is 8.73. The maximum absolute atomic E-state index is 12.9. The topological polar surface area (TPSA) is 40.6 Å². The highest BCUT2D eigenvalue weighted by atomic mass is 35.5. The zero-order valence-electron chi connectivity index (χ0n) is 12.0. The van der Waals surface area contributed by atoms with E-state index in [1.807, 2.05) is 4.31 Å². The van der Waals surface area contributed by atoms with Crippen molar-refractivity contribution < 1.29 is 8.42 Å². The summed E-state index contributed by atoms with van der Waals surface area (Å²) < 4.78 is 29.3. The molecule has 2 saturated heterocycles. The molecule has 2 aliphatic heterocycles. The maximum Gasteiger partial charge on any atom is 0.282 e. The van der Waals surface area contributed by atoms with Crippen molar-refractivity contribution in [2.75, 3.05) is 25.5 Å². The van der Waals surface area contributed by atoms with Crippen molar-refractivity contribution in [3.8, 4) is 0 Å². The van der Waals surface area contributed by atoms with Gasteiger partial charge in [0.25, 0.3) is 10.2 Å². The molecule has 116 valence electrons. The first-order valence-corrected chi connectivity index (χ1v) is 9.89. The zero-order chi connectivity index (χ0) is 14.2. The van der Waals surface area contributed by atoms with Crippen LogP contribution in [0.2, 0.25) is 0 Å². The van der Waals surface area contributed by atoms with Crippen LogP contribution in [-0.2, 0) is 10.2 Å². The molecule has 0 aromatic carbocycles. The molecule has 0 amide bonds. The van der Waals surface area contributed by atoms with Gasteiger partial charge in [0.1, 0.15) is 0 Å². The molecule has 0 spiro atoms. The Bertz CT molecular complexity index is 442. The summed E-state index contributed by atoms with van der Waals surface area (Å²) in [5.74, 6) is 1.50. The Morgan fingerprint density at radius 3 is 2.60 bits per heavy atom. The van der Waals surface area contributed by atoms with Crippen molar-refractivity contribution in [3.63, 3.8) is 0 Å². The summed E-state index contributed by atoms with van der Waals surface area (Å²) in [7, 11) is -3.27. The molecular weight excluding hydrogens is 296 g/mol. The SMILES string of the molecule is O=S(=O)(N1CCCC(CCl)C1)N1CCC2CCCCC21. The molecule has 0 radical (unpaired) electrons. The standard InChI is InChI=1S/C14H25ClN2O2S/c15-10-12-4-3-8-16(11-12)20(18,19)17-9-7-13-5-1-2-6-14(13)17/h12-14H,1-11H2. The van der Waals surface area contributed by atoms with Gasteiger partial charge in [0.15, 0.2) is 0 Å². The molecule has 6 heteroatoms. The Kier molecular flexibility index (Phi) is 4.60. The lowest BCUT2D eigenvalue weighted by atomic mass is 9.86. The minimum absolute atomic E-state index is 0.269. The summed E-state index contributed by atoms with van der Waals surface area (Å²) in [5.41, 5.74) is 0. The smallest absolute Gasteiger partial charge is 0.195 e. The molecule has 1 aliphatic carbocycles. The van der Waals surface area contributed by atoms with Gasteiger partial charge in [-0.05, 0) is 43.9 Å². The summed E-state index contributed by atoms with van der Waals surface area (Å²) in [6.45, 7) is 2.00. The Labute approximate surface area is 127 Å². The first kappa shape index (κ1) is 15.1. The number of rotatable bonds is 3. The van der Waals surface area contributed by atoms with Gasteiger partial charge in [-0.1, -0.05) is 12.8 Å². The van der Waals surface area contributed by atoms with Crippen LogP contribution in [0.3, 0.4) is 0 Å². The molecule has 4 nitrogen and oxygen atoms in total. The van der Waals surface area contributed by atoms with E-state index in [9.17, 15) is 8.42 Å². The van der Waals surface area contributed by atoms with Crippen LogP contribution in [0.25, 0.3) is 0 Å². The van der Waals surface area contributed by atoms with Crippen LogP contribution in [0.15, 0.2) is 0 Å². The normalized spacial score (nSPS) is 37.0. The van der Waals surface area contributed by atoms with Gasteiger partial charge >= 0.3 is 0 Å². The molecule has 3 rings (SSSR count). The van der Waals surface area contributed by atoms with E-state index in [4.69, 9.17) is 11.6 Å². The van der Waals surface area contributed by atoms with Gasteiger partial charge in [-0.15, -0.1) is 11.6 Å². The second-order valence-electron chi connectivity index (χ2n) is 6.54. The lowest BCUT2D eigenvalue weighted by molar-refractivity contribution is 0.225. The number of nitrogens with zero attached hydrogens (tertiary/aromatic N) is 2. The molecule has 3 unspecified atom stereocenters. The molecule has 3 atom stereocenters. The third kappa shape index (κ3) is 2.74. The molecule has 0 aromatic heterocycles. The van der Waals surface area contributed by atoms with Crippen molar-refractivity contribution in [2.45, 2.75) is 51.0 Å². The highest BCUT2D eigenvalue weighted by Crippen LogP contribution is 2.38. The van der Waals surface area contributed by atoms with Crippen LogP contribution in [0, 0.1) is 11.8 Å². The summed E-state index contributed by atoms with van der Waals surface area (Å²) in [6.07, 6.45) is 7.76. The van der Waals surface area contributed by atoms with Gasteiger partial charge < -0.3 is 0 Å². The first-order chi connectivity index (χ1) is 9.63. The lowest BCUT2D eigenvalue weighted by Gasteiger charge is -2.37. The van der Waals surface area contributed by atoms with Crippen LogP contribution in [-0.4, -0.2) is 48.6 Å².